The number of hydrogen-bond donors (Lipinski definition) is 0. The number of aromatic nitrogens is 3. The molecule has 0 aliphatic heterocycles. The molecule has 11 nitrogen and oxygen atoms in total. The highest BCUT2D eigenvalue weighted by molar-refractivity contribution is 6.13. The second kappa shape index (κ2) is 19.8. The molecule has 0 N–H and O–H groups in total. The Hall–Kier alpha value is -12.2. The lowest BCUT2D eigenvalue weighted by Crippen LogP contribution is -2.03. The van der Waals surface area contributed by atoms with Crippen molar-refractivity contribution in [3.8, 4) is 133 Å². The van der Waals surface area contributed by atoms with Gasteiger partial charge in [-0.3, -0.25) is 0 Å². The third-order valence-electron chi connectivity index (χ3n) is 13.4. The molecule has 0 radical (unpaired) electrons. The van der Waals surface area contributed by atoms with Crippen molar-refractivity contribution in [1.29, 1.82) is 42.1 Å². The summed E-state index contributed by atoms with van der Waals surface area (Å²) in [4.78, 5) is 10.3. The van der Waals surface area contributed by atoms with Gasteiger partial charge in [-0.1, -0.05) is 97.1 Å². The van der Waals surface area contributed by atoms with Crippen LogP contribution in [0.4, 0.5) is 0 Å². The van der Waals surface area contributed by atoms with Crippen LogP contribution < -0.4 is 0 Å². The Labute approximate surface area is 441 Å². The van der Waals surface area contributed by atoms with Crippen LogP contribution >= 0.6 is 0 Å². The molecule has 0 aliphatic carbocycles. The minimum Gasteiger partial charge on any atom is -0.308 e. The van der Waals surface area contributed by atoms with Gasteiger partial charge in [0, 0.05) is 49.7 Å². The summed E-state index contributed by atoms with van der Waals surface area (Å²) in [6.07, 6.45) is 0. The van der Waals surface area contributed by atoms with Crippen molar-refractivity contribution in [3.63, 3.8) is 0 Å². The standard InChI is InChI=1S/C66H31N11/c67-32-40-9-7-15-46(21-40)55-29-50(60-31-59(44-11-3-1-4-12-44)75-66(76-60)45-13-5-2-6-14-45)30-56(47-16-8-10-41(22-47)33-68)65(55)77-61-19-17-48(63-51(36-71)23-42(34-69)24-52(63)37-72)27-57(61)58-28-49(18-20-62(58)77)64-53(38-73)25-43(35-70)26-54(64)39-74/h1-31H. The maximum atomic E-state index is 10.5. The maximum absolute atomic E-state index is 10.5. The van der Waals surface area contributed by atoms with E-state index in [2.05, 4.69) is 53.1 Å². The number of benzene rings is 9. The number of rotatable bonds is 8. The Balaban J connectivity index is 1.30. The predicted octanol–water partition coefficient (Wildman–Crippen LogP) is 14.2. The van der Waals surface area contributed by atoms with E-state index >= 15 is 0 Å². The van der Waals surface area contributed by atoms with Gasteiger partial charge in [-0.05, 0) is 113 Å². The molecule has 2 aromatic heterocycles. The van der Waals surface area contributed by atoms with Crippen LogP contribution in [0.3, 0.4) is 0 Å². The van der Waals surface area contributed by atoms with E-state index in [9.17, 15) is 42.1 Å². The van der Waals surface area contributed by atoms with E-state index in [1.165, 1.54) is 24.3 Å². The fourth-order valence-corrected chi connectivity index (χ4v) is 10.0. The predicted molar refractivity (Wildman–Crippen MR) is 292 cm³/mol. The van der Waals surface area contributed by atoms with Crippen molar-refractivity contribution in [2.24, 2.45) is 0 Å². The fraction of sp³-hybridized carbons (Fsp3) is 0. The molecule has 11 aromatic rings. The van der Waals surface area contributed by atoms with Crippen LogP contribution in [0.15, 0.2) is 188 Å². The molecule has 0 unspecified atom stereocenters. The van der Waals surface area contributed by atoms with Crippen molar-refractivity contribution < 1.29 is 0 Å². The normalized spacial score (nSPS) is 10.5. The fourth-order valence-electron chi connectivity index (χ4n) is 10.0. The first kappa shape index (κ1) is 47.1. The van der Waals surface area contributed by atoms with E-state index < -0.39 is 0 Å². The van der Waals surface area contributed by atoms with Gasteiger partial charge in [0.1, 0.15) is 0 Å². The van der Waals surface area contributed by atoms with Crippen molar-refractivity contribution >= 4 is 21.8 Å². The average Bonchev–Trinajstić information content (AvgIpc) is 3.94. The average molecular weight is 978 g/mol. The van der Waals surface area contributed by atoms with Crippen LogP contribution in [0.5, 0.6) is 0 Å². The van der Waals surface area contributed by atoms with Gasteiger partial charge in [-0.15, -0.1) is 0 Å². The Bertz CT molecular complexity index is 4310. The second-order valence-electron chi connectivity index (χ2n) is 17.9. The molecule has 0 bridgehead atoms. The molecule has 11 heteroatoms. The SMILES string of the molecule is N#Cc1cccc(-c2cc(-c3cc(-c4ccccc4)nc(-c4ccccc4)n3)cc(-c3cccc(C#N)c3)c2-n2c3ccc(-c4c(C#N)cc(C#N)cc4C#N)cc3c3cc(-c4c(C#N)cc(C#N)cc4C#N)ccc32)c1. The first-order chi connectivity index (χ1) is 37.8. The van der Waals surface area contributed by atoms with Crippen LogP contribution in [0.2, 0.25) is 0 Å². The Morgan fingerprint density at radius 3 is 1.12 bits per heavy atom. The summed E-state index contributed by atoms with van der Waals surface area (Å²) in [5, 5.41) is 83.6. The molecule has 0 fully saturated rings. The minimum atomic E-state index is 0.129. The zero-order valence-corrected chi connectivity index (χ0v) is 40.3. The van der Waals surface area contributed by atoms with Gasteiger partial charge in [0.15, 0.2) is 5.82 Å². The minimum absolute atomic E-state index is 0.129. The van der Waals surface area contributed by atoms with Gasteiger partial charge < -0.3 is 4.57 Å². The van der Waals surface area contributed by atoms with E-state index in [1.54, 1.807) is 12.1 Å². The maximum Gasteiger partial charge on any atom is 0.160 e. The third kappa shape index (κ3) is 8.45. The molecular formula is C66H31N11. The Morgan fingerprint density at radius 1 is 0.299 bits per heavy atom. The lowest BCUT2D eigenvalue weighted by molar-refractivity contribution is 1.17. The highest BCUT2D eigenvalue weighted by atomic mass is 15.0. The van der Waals surface area contributed by atoms with E-state index in [0.717, 1.165) is 11.1 Å². The molecule has 0 atom stereocenters. The lowest BCUT2D eigenvalue weighted by Gasteiger charge is -2.22. The summed E-state index contributed by atoms with van der Waals surface area (Å²) in [7, 11) is 0. The van der Waals surface area contributed by atoms with Gasteiger partial charge in [0.2, 0.25) is 0 Å². The highest BCUT2D eigenvalue weighted by Gasteiger charge is 2.26. The Morgan fingerprint density at radius 2 is 0.701 bits per heavy atom. The van der Waals surface area contributed by atoms with Crippen molar-refractivity contribution in [3.05, 3.63) is 233 Å². The van der Waals surface area contributed by atoms with Crippen LogP contribution in [0.1, 0.15) is 44.5 Å². The first-order valence-corrected chi connectivity index (χ1v) is 23.8. The smallest absolute Gasteiger partial charge is 0.160 e. The van der Waals surface area contributed by atoms with Gasteiger partial charge in [0.05, 0.1) is 121 Å². The molecule has 9 aromatic carbocycles. The molecule has 0 aliphatic rings. The summed E-state index contributed by atoms with van der Waals surface area (Å²) < 4.78 is 2.10. The van der Waals surface area contributed by atoms with Crippen LogP contribution in [-0.4, -0.2) is 14.5 Å². The summed E-state index contributed by atoms with van der Waals surface area (Å²) in [5.41, 5.74) is 11.8. The van der Waals surface area contributed by atoms with Crippen LogP contribution in [0, 0.1) is 90.6 Å². The molecular weight excluding hydrogens is 947 g/mol. The van der Waals surface area contributed by atoms with Gasteiger partial charge >= 0.3 is 0 Å². The van der Waals surface area contributed by atoms with Crippen LogP contribution in [0.25, 0.3) is 106 Å². The van der Waals surface area contributed by atoms with E-state index in [4.69, 9.17) is 9.97 Å². The number of nitriles is 8. The zero-order chi connectivity index (χ0) is 53.2. The van der Waals surface area contributed by atoms with Gasteiger partial charge in [-0.25, -0.2) is 9.97 Å². The molecule has 0 saturated carbocycles. The largest absolute Gasteiger partial charge is 0.308 e. The Kier molecular flexibility index (Phi) is 12.1. The molecule has 0 amide bonds. The summed E-state index contributed by atoms with van der Waals surface area (Å²) in [6.45, 7) is 0. The summed E-state index contributed by atoms with van der Waals surface area (Å²) in [6, 6.07) is 74.7. The van der Waals surface area contributed by atoms with Gasteiger partial charge in [0.25, 0.3) is 0 Å². The summed E-state index contributed by atoms with van der Waals surface area (Å²) in [5.74, 6) is 0.504. The van der Waals surface area contributed by atoms with E-state index in [0.29, 0.717) is 106 Å². The zero-order valence-electron chi connectivity index (χ0n) is 40.3. The summed E-state index contributed by atoms with van der Waals surface area (Å²) >= 11 is 0. The molecule has 77 heavy (non-hydrogen) atoms. The van der Waals surface area contributed by atoms with Crippen molar-refractivity contribution in [2.75, 3.05) is 0 Å². The monoisotopic (exact) mass is 977 g/mol. The third-order valence-corrected chi connectivity index (χ3v) is 13.4. The molecule has 2 heterocycles. The molecule has 11 rings (SSSR count). The van der Waals surface area contributed by atoms with Crippen molar-refractivity contribution in [1.82, 2.24) is 14.5 Å². The van der Waals surface area contributed by atoms with Crippen molar-refractivity contribution in [2.45, 2.75) is 0 Å². The highest BCUT2D eigenvalue weighted by Crippen LogP contribution is 2.46. The second-order valence-corrected chi connectivity index (χ2v) is 17.9. The van der Waals surface area contributed by atoms with Crippen LogP contribution in [-0.2, 0) is 0 Å². The number of fused-ring (bicyclic) bond motifs is 3. The number of hydrogen-bond acceptors (Lipinski definition) is 10. The quantitative estimate of drug-likeness (QED) is 0.140. The topological polar surface area (TPSA) is 221 Å². The molecule has 0 spiro atoms. The molecule has 350 valence electrons. The lowest BCUT2D eigenvalue weighted by atomic mass is 9.90. The van der Waals surface area contributed by atoms with E-state index in [1.807, 2.05) is 152 Å². The molecule has 0 saturated heterocycles. The number of nitrogens with zero attached hydrogens (tertiary/aromatic N) is 11. The first-order valence-electron chi connectivity index (χ1n) is 23.8. The van der Waals surface area contributed by atoms with E-state index in [-0.39, 0.29) is 33.4 Å². The van der Waals surface area contributed by atoms with Gasteiger partial charge in [-0.2, -0.15) is 42.1 Å².